The SMILES string of the molecule is COc1ccccc1CC1=CC(c2ccccc2)OC(=O)C1=S. The molecule has 116 valence electrons. The second-order valence-electron chi connectivity index (χ2n) is 5.25. The fraction of sp³-hybridized carbons (Fsp3) is 0.158. The summed E-state index contributed by atoms with van der Waals surface area (Å²) in [5, 5.41) is 0. The highest BCUT2D eigenvalue weighted by atomic mass is 32.1. The van der Waals surface area contributed by atoms with E-state index < -0.39 is 12.1 Å². The lowest BCUT2D eigenvalue weighted by atomic mass is 9.96. The summed E-state index contributed by atoms with van der Waals surface area (Å²) in [7, 11) is 1.63. The first kappa shape index (κ1) is 15.4. The minimum atomic E-state index is -0.443. The van der Waals surface area contributed by atoms with Gasteiger partial charge >= 0.3 is 5.97 Å². The van der Waals surface area contributed by atoms with Crippen molar-refractivity contribution < 1.29 is 14.3 Å². The van der Waals surface area contributed by atoms with Gasteiger partial charge in [-0.25, -0.2) is 4.79 Å². The van der Waals surface area contributed by atoms with Crippen LogP contribution < -0.4 is 4.74 Å². The van der Waals surface area contributed by atoms with Crippen molar-refractivity contribution in [1.82, 2.24) is 0 Å². The molecule has 0 spiro atoms. The average molecular weight is 324 g/mol. The Morgan fingerprint density at radius 3 is 2.52 bits per heavy atom. The maximum Gasteiger partial charge on any atom is 0.350 e. The van der Waals surface area contributed by atoms with Gasteiger partial charge in [-0.3, -0.25) is 0 Å². The van der Waals surface area contributed by atoms with Crippen LogP contribution in [0.25, 0.3) is 0 Å². The molecule has 1 heterocycles. The lowest BCUT2D eigenvalue weighted by Crippen LogP contribution is -2.26. The van der Waals surface area contributed by atoms with Crippen molar-refractivity contribution >= 4 is 23.1 Å². The van der Waals surface area contributed by atoms with Crippen LogP contribution in [0.5, 0.6) is 5.75 Å². The number of hydrogen-bond acceptors (Lipinski definition) is 4. The van der Waals surface area contributed by atoms with E-state index in [1.165, 1.54) is 0 Å². The van der Waals surface area contributed by atoms with Crippen LogP contribution in [-0.4, -0.2) is 17.9 Å². The Balaban J connectivity index is 1.93. The van der Waals surface area contributed by atoms with Crippen molar-refractivity contribution in [3.63, 3.8) is 0 Å². The van der Waals surface area contributed by atoms with Crippen LogP contribution in [0.4, 0.5) is 0 Å². The Hall–Kier alpha value is -2.46. The molecule has 1 unspecified atom stereocenters. The van der Waals surface area contributed by atoms with Gasteiger partial charge in [0.25, 0.3) is 0 Å². The molecule has 1 aliphatic heterocycles. The van der Waals surface area contributed by atoms with Crippen LogP contribution >= 0.6 is 12.2 Å². The van der Waals surface area contributed by atoms with Gasteiger partial charge in [0.2, 0.25) is 0 Å². The Bertz CT molecular complexity index is 765. The molecule has 0 saturated carbocycles. The number of carbonyl (C=O) groups is 1. The van der Waals surface area contributed by atoms with Gasteiger partial charge in [-0.15, -0.1) is 0 Å². The van der Waals surface area contributed by atoms with E-state index in [0.29, 0.717) is 6.42 Å². The summed E-state index contributed by atoms with van der Waals surface area (Å²) in [6, 6.07) is 17.4. The lowest BCUT2D eigenvalue weighted by Gasteiger charge is -2.23. The number of hydrogen-bond donors (Lipinski definition) is 0. The topological polar surface area (TPSA) is 35.5 Å². The first-order valence-corrected chi connectivity index (χ1v) is 7.72. The zero-order valence-corrected chi connectivity index (χ0v) is 13.5. The monoisotopic (exact) mass is 324 g/mol. The molecule has 23 heavy (non-hydrogen) atoms. The van der Waals surface area contributed by atoms with Gasteiger partial charge < -0.3 is 9.47 Å². The summed E-state index contributed by atoms with van der Waals surface area (Å²) in [4.78, 5) is 12.3. The van der Waals surface area contributed by atoms with Gasteiger partial charge in [-0.1, -0.05) is 60.7 Å². The van der Waals surface area contributed by atoms with Crippen LogP contribution in [0.1, 0.15) is 17.2 Å². The van der Waals surface area contributed by atoms with Gasteiger partial charge in [0.1, 0.15) is 16.7 Å². The second kappa shape index (κ2) is 6.75. The van der Waals surface area contributed by atoms with Crippen molar-refractivity contribution in [1.29, 1.82) is 0 Å². The van der Waals surface area contributed by atoms with Crippen LogP contribution in [0.2, 0.25) is 0 Å². The number of cyclic esters (lactones) is 1. The minimum absolute atomic E-state index is 0.239. The molecule has 0 N–H and O–H groups in total. The summed E-state index contributed by atoms with van der Waals surface area (Å²) in [6.45, 7) is 0. The van der Waals surface area contributed by atoms with Crippen molar-refractivity contribution in [2.75, 3.05) is 7.11 Å². The molecule has 0 radical (unpaired) electrons. The van der Waals surface area contributed by atoms with Crippen molar-refractivity contribution in [3.05, 3.63) is 77.4 Å². The fourth-order valence-corrected chi connectivity index (χ4v) is 2.78. The normalized spacial score (nSPS) is 17.4. The number of para-hydroxylation sites is 1. The highest BCUT2D eigenvalue weighted by Crippen LogP contribution is 2.29. The third-order valence-electron chi connectivity index (χ3n) is 3.77. The maximum absolute atomic E-state index is 12.1. The standard InChI is InChI=1S/C19H16O3S/c1-21-16-10-6-5-9-14(16)11-15-12-17(22-19(20)18(15)23)13-7-3-2-4-8-13/h2-10,12,17H,11H2,1H3. The Morgan fingerprint density at radius 1 is 1.09 bits per heavy atom. The first-order chi connectivity index (χ1) is 11.2. The molecule has 2 aromatic carbocycles. The average Bonchev–Trinajstić information content (AvgIpc) is 2.60. The molecular formula is C19H16O3S. The minimum Gasteiger partial charge on any atom is -0.496 e. The van der Waals surface area contributed by atoms with E-state index in [2.05, 4.69) is 0 Å². The molecule has 0 amide bonds. The van der Waals surface area contributed by atoms with E-state index in [9.17, 15) is 4.79 Å². The Labute approximate surface area is 140 Å². The summed E-state index contributed by atoms with van der Waals surface area (Å²) >= 11 is 5.25. The van der Waals surface area contributed by atoms with E-state index in [1.54, 1.807) is 7.11 Å². The van der Waals surface area contributed by atoms with E-state index in [-0.39, 0.29) is 4.86 Å². The van der Waals surface area contributed by atoms with Crippen molar-refractivity contribution in [3.8, 4) is 5.75 Å². The predicted octanol–water partition coefficient (Wildman–Crippen LogP) is 3.83. The lowest BCUT2D eigenvalue weighted by molar-refractivity contribution is -0.139. The number of rotatable bonds is 4. The highest BCUT2D eigenvalue weighted by molar-refractivity contribution is 7.82. The molecule has 0 saturated heterocycles. The molecule has 0 bridgehead atoms. The molecule has 1 aliphatic rings. The Kier molecular flexibility index (Phi) is 4.53. The number of ether oxygens (including phenoxy) is 2. The van der Waals surface area contributed by atoms with Crippen LogP contribution in [0.3, 0.4) is 0 Å². The number of thiocarbonyl (C=S) groups is 1. The molecule has 4 heteroatoms. The molecular weight excluding hydrogens is 308 g/mol. The molecule has 0 fully saturated rings. The van der Waals surface area contributed by atoms with Crippen molar-refractivity contribution in [2.45, 2.75) is 12.5 Å². The summed E-state index contributed by atoms with van der Waals surface area (Å²) in [5.74, 6) is 0.340. The maximum atomic E-state index is 12.1. The summed E-state index contributed by atoms with van der Waals surface area (Å²) in [5.41, 5.74) is 2.72. The highest BCUT2D eigenvalue weighted by Gasteiger charge is 2.27. The number of carbonyl (C=O) groups excluding carboxylic acids is 1. The molecule has 1 atom stereocenters. The van der Waals surface area contributed by atoms with Gasteiger partial charge in [0.15, 0.2) is 0 Å². The smallest absolute Gasteiger partial charge is 0.350 e. The second-order valence-corrected chi connectivity index (χ2v) is 5.65. The number of methoxy groups -OCH3 is 1. The summed E-state index contributed by atoms with van der Waals surface area (Å²) < 4.78 is 10.8. The van der Waals surface area contributed by atoms with E-state index in [0.717, 1.165) is 22.4 Å². The van der Waals surface area contributed by atoms with Gasteiger partial charge in [0, 0.05) is 6.42 Å². The van der Waals surface area contributed by atoms with Gasteiger partial charge in [-0.2, -0.15) is 0 Å². The third-order valence-corrected chi connectivity index (χ3v) is 4.19. The molecule has 3 nitrogen and oxygen atoms in total. The van der Waals surface area contributed by atoms with Gasteiger partial charge in [0.05, 0.1) is 7.11 Å². The molecule has 3 rings (SSSR count). The van der Waals surface area contributed by atoms with E-state index >= 15 is 0 Å². The first-order valence-electron chi connectivity index (χ1n) is 7.32. The fourth-order valence-electron chi connectivity index (χ4n) is 2.59. The Morgan fingerprint density at radius 2 is 1.78 bits per heavy atom. The van der Waals surface area contributed by atoms with Crippen LogP contribution in [0, 0.1) is 0 Å². The number of benzene rings is 2. The van der Waals surface area contributed by atoms with Crippen molar-refractivity contribution in [2.24, 2.45) is 0 Å². The molecule has 0 aliphatic carbocycles. The quantitative estimate of drug-likeness (QED) is 0.632. The number of esters is 1. The van der Waals surface area contributed by atoms with E-state index in [4.69, 9.17) is 21.7 Å². The summed E-state index contributed by atoms with van der Waals surface area (Å²) in [6.07, 6.45) is 2.06. The zero-order valence-electron chi connectivity index (χ0n) is 12.7. The van der Waals surface area contributed by atoms with Crippen LogP contribution in [-0.2, 0) is 16.0 Å². The largest absolute Gasteiger partial charge is 0.496 e. The van der Waals surface area contributed by atoms with Crippen LogP contribution in [0.15, 0.2) is 66.2 Å². The molecule has 0 aromatic heterocycles. The predicted molar refractivity (Wildman–Crippen MR) is 92.7 cm³/mol. The third kappa shape index (κ3) is 3.32. The molecule has 2 aromatic rings. The van der Waals surface area contributed by atoms with E-state index in [1.807, 2.05) is 60.7 Å². The zero-order chi connectivity index (χ0) is 16.2. The van der Waals surface area contributed by atoms with Gasteiger partial charge in [-0.05, 0) is 28.8 Å².